The van der Waals surface area contributed by atoms with Crippen molar-refractivity contribution < 1.29 is 0 Å². The highest BCUT2D eigenvalue weighted by molar-refractivity contribution is 6.00. The van der Waals surface area contributed by atoms with E-state index in [-0.39, 0.29) is 0 Å². The zero-order valence-electron chi connectivity index (χ0n) is 24.4. The summed E-state index contributed by atoms with van der Waals surface area (Å²) in [5.41, 5.74) is 11.1. The number of aryl methyl sites for hydroxylation is 2. The molecule has 0 aliphatic rings. The second-order valence-corrected chi connectivity index (χ2v) is 9.37. The van der Waals surface area contributed by atoms with Crippen LogP contribution in [0.5, 0.6) is 0 Å². The van der Waals surface area contributed by atoms with Crippen molar-refractivity contribution in [3.63, 3.8) is 0 Å². The smallest absolute Gasteiger partial charge is 0.161 e. The number of fused-ring (bicyclic) bond motifs is 1. The zero-order chi connectivity index (χ0) is 29.2. The monoisotopic (exact) mass is 520 g/mol. The van der Waals surface area contributed by atoms with Crippen molar-refractivity contribution in [3.05, 3.63) is 108 Å². The van der Waals surface area contributed by atoms with Gasteiger partial charge in [-0.1, -0.05) is 99.7 Å². The predicted octanol–water partition coefficient (Wildman–Crippen LogP) is 9.38. The maximum atomic E-state index is 4.92. The largest absolute Gasteiger partial charge is 0.403 e. The molecule has 1 atom stereocenters. The third-order valence-electron chi connectivity index (χ3n) is 5.77. The minimum atomic E-state index is 0.667. The third-order valence-corrected chi connectivity index (χ3v) is 5.77. The van der Waals surface area contributed by atoms with Crippen molar-refractivity contribution >= 4 is 22.3 Å². The molecule has 3 N–H and O–H groups in total. The standard InChI is InChI=1S/C22H19N3.C8H16.C3H7N.C2H2/c1-15-12-13-18(14-16(15)2)23-22-20-11-7-6-10-19(20)21(24-25-22)17-8-4-3-5-9-17;1-4-6-8(3)7-5-2;1-3(2)4;1-2/h3-14H,1-2H3,(H,23,25);4,6,8H,5,7H2,1-3H3;1,4H2,2H3;1-2H/b;6-4-;;. The molecule has 0 aliphatic carbocycles. The zero-order valence-corrected chi connectivity index (χ0v) is 24.4. The molecule has 39 heavy (non-hydrogen) atoms. The number of nitrogens with zero attached hydrogens (tertiary/aromatic N) is 2. The number of hydrogen-bond donors (Lipinski definition) is 2. The number of aromatic nitrogens is 2. The van der Waals surface area contributed by atoms with E-state index in [1.165, 1.54) is 24.0 Å². The molecule has 0 spiro atoms. The van der Waals surface area contributed by atoms with Crippen LogP contribution in [0, 0.1) is 32.6 Å². The van der Waals surface area contributed by atoms with Crippen molar-refractivity contribution in [2.45, 2.75) is 54.4 Å². The Morgan fingerprint density at radius 3 is 2.10 bits per heavy atom. The molecule has 0 bridgehead atoms. The van der Waals surface area contributed by atoms with Crippen LogP contribution < -0.4 is 11.1 Å². The Kier molecular flexibility index (Phi) is 15.1. The molecule has 1 heterocycles. The molecule has 1 aromatic heterocycles. The van der Waals surface area contributed by atoms with Gasteiger partial charge in [-0.15, -0.1) is 23.0 Å². The van der Waals surface area contributed by atoms with E-state index < -0.39 is 0 Å². The second kappa shape index (κ2) is 18.0. The van der Waals surface area contributed by atoms with E-state index in [1.54, 1.807) is 6.92 Å². The molecule has 0 saturated heterocycles. The Morgan fingerprint density at radius 1 is 0.949 bits per heavy atom. The van der Waals surface area contributed by atoms with Crippen LogP contribution in [-0.2, 0) is 0 Å². The van der Waals surface area contributed by atoms with Crippen molar-refractivity contribution in [1.29, 1.82) is 0 Å². The maximum Gasteiger partial charge on any atom is 0.161 e. The first-order valence-corrected chi connectivity index (χ1v) is 13.3. The van der Waals surface area contributed by atoms with Crippen molar-refractivity contribution in [3.8, 4) is 24.1 Å². The fraction of sp³-hybridized carbons (Fsp3) is 0.257. The first-order chi connectivity index (χ1) is 18.8. The Balaban J connectivity index is 0.000000456. The van der Waals surface area contributed by atoms with E-state index in [2.05, 4.69) is 124 Å². The number of allylic oxidation sites excluding steroid dienone is 3. The molecule has 0 saturated carbocycles. The van der Waals surface area contributed by atoms with Crippen LogP contribution in [0.3, 0.4) is 0 Å². The minimum Gasteiger partial charge on any atom is -0.403 e. The highest BCUT2D eigenvalue weighted by Crippen LogP contribution is 2.31. The molecule has 0 fully saturated rings. The van der Waals surface area contributed by atoms with Gasteiger partial charge >= 0.3 is 0 Å². The number of rotatable bonds is 6. The maximum absolute atomic E-state index is 4.92. The molecule has 3 aromatic carbocycles. The molecule has 0 radical (unpaired) electrons. The van der Waals surface area contributed by atoms with E-state index in [0.29, 0.717) is 5.70 Å². The van der Waals surface area contributed by atoms with Gasteiger partial charge in [-0.3, -0.25) is 0 Å². The van der Waals surface area contributed by atoms with Crippen LogP contribution in [0.2, 0.25) is 0 Å². The molecule has 4 rings (SSSR count). The number of benzene rings is 3. The quantitative estimate of drug-likeness (QED) is 0.196. The lowest BCUT2D eigenvalue weighted by Crippen LogP contribution is -1.99. The fourth-order valence-corrected chi connectivity index (χ4v) is 3.84. The van der Waals surface area contributed by atoms with Gasteiger partial charge in [0.1, 0.15) is 5.69 Å². The van der Waals surface area contributed by atoms with Crippen LogP contribution in [0.4, 0.5) is 11.5 Å². The summed E-state index contributed by atoms with van der Waals surface area (Å²) in [6.07, 6.45) is 15.0. The van der Waals surface area contributed by atoms with Crippen LogP contribution in [0.1, 0.15) is 51.7 Å². The van der Waals surface area contributed by atoms with Gasteiger partial charge in [-0.05, 0) is 69.0 Å². The summed E-state index contributed by atoms with van der Waals surface area (Å²) in [5, 5.41) is 14.5. The second-order valence-electron chi connectivity index (χ2n) is 9.37. The van der Waals surface area contributed by atoms with E-state index in [1.807, 2.05) is 30.3 Å². The average molecular weight is 521 g/mol. The summed E-state index contributed by atoms with van der Waals surface area (Å²) in [5.74, 6) is 1.56. The van der Waals surface area contributed by atoms with Crippen LogP contribution in [-0.4, -0.2) is 10.2 Å². The number of hydrogen-bond acceptors (Lipinski definition) is 4. The molecule has 0 aliphatic heterocycles. The Morgan fingerprint density at radius 2 is 1.54 bits per heavy atom. The molecule has 4 aromatic rings. The van der Waals surface area contributed by atoms with E-state index in [4.69, 9.17) is 5.73 Å². The van der Waals surface area contributed by atoms with Gasteiger partial charge in [0.2, 0.25) is 0 Å². The lowest BCUT2D eigenvalue weighted by molar-refractivity contribution is 0.633. The average Bonchev–Trinajstić information content (AvgIpc) is 2.93. The van der Waals surface area contributed by atoms with E-state index in [9.17, 15) is 0 Å². The number of nitrogens with two attached hydrogens (primary N) is 1. The first kappa shape index (κ1) is 32.7. The predicted molar refractivity (Wildman–Crippen MR) is 172 cm³/mol. The van der Waals surface area contributed by atoms with Gasteiger partial charge in [-0.25, -0.2) is 0 Å². The summed E-state index contributed by atoms with van der Waals surface area (Å²) >= 11 is 0. The van der Waals surface area contributed by atoms with Gasteiger partial charge in [-0.2, -0.15) is 0 Å². The van der Waals surface area contributed by atoms with Gasteiger partial charge in [0.15, 0.2) is 5.82 Å². The van der Waals surface area contributed by atoms with Crippen LogP contribution >= 0.6 is 0 Å². The molecular formula is C35H44N4. The first-order valence-electron chi connectivity index (χ1n) is 13.3. The highest BCUT2D eigenvalue weighted by Gasteiger charge is 2.11. The van der Waals surface area contributed by atoms with E-state index in [0.717, 1.165) is 39.5 Å². The molecule has 1 unspecified atom stereocenters. The SMILES string of the molecule is C#C.C/C=C\C(C)CCC.C=C(C)N.Cc1ccc(Nc2nnc(-c3ccccc3)c3ccccc23)cc1C. The van der Waals surface area contributed by atoms with Crippen molar-refractivity contribution in [2.24, 2.45) is 11.7 Å². The van der Waals surface area contributed by atoms with Gasteiger partial charge < -0.3 is 11.1 Å². The summed E-state index contributed by atoms with van der Waals surface area (Å²) in [6.45, 7) is 15.9. The minimum absolute atomic E-state index is 0.667. The van der Waals surface area contributed by atoms with E-state index >= 15 is 0 Å². The Hall–Kier alpha value is -4.36. The Bertz CT molecular complexity index is 1330. The van der Waals surface area contributed by atoms with Crippen LogP contribution in [0.25, 0.3) is 22.0 Å². The van der Waals surface area contributed by atoms with Gasteiger partial charge in [0, 0.05) is 22.0 Å². The van der Waals surface area contributed by atoms with Gasteiger partial charge in [0.25, 0.3) is 0 Å². The topological polar surface area (TPSA) is 63.8 Å². The molecule has 204 valence electrons. The number of terminal acetylenes is 1. The third kappa shape index (κ3) is 11.3. The fourth-order valence-electron chi connectivity index (χ4n) is 3.84. The lowest BCUT2D eigenvalue weighted by atomic mass is 10.0. The number of anilines is 2. The van der Waals surface area contributed by atoms with Crippen molar-refractivity contribution in [2.75, 3.05) is 5.32 Å². The lowest BCUT2D eigenvalue weighted by Gasteiger charge is -2.12. The summed E-state index contributed by atoms with van der Waals surface area (Å²) in [6, 6.07) is 24.7. The summed E-state index contributed by atoms with van der Waals surface area (Å²) in [7, 11) is 0. The number of nitrogens with one attached hydrogen (secondary N) is 1. The molecule has 0 amide bonds. The summed E-state index contributed by atoms with van der Waals surface area (Å²) < 4.78 is 0. The normalized spacial score (nSPS) is 10.7. The molecule has 4 heteroatoms. The summed E-state index contributed by atoms with van der Waals surface area (Å²) in [4.78, 5) is 0. The van der Waals surface area contributed by atoms with Crippen LogP contribution in [0.15, 0.2) is 97.2 Å². The van der Waals surface area contributed by atoms with Crippen molar-refractivity contribution in [1.82, 2.24) is 10.2 Å². The molecular weight excluding hydrogens is 476 g/mol. The highest BCUT2D eigenvalue weighted by atomic mass is 15.2. The molecule has 4 nitrogen and oxygen atoms in total. The Labute approximate surface area is 236 Å². The van der Waals surface area contributed by atoms with Gasteiger partial charge in [0.05, 0.1) is 0 Å².